The Labute approximate surface area is 146 Å². The van der Waals surface area contributed by atoms with E-state index in [9.17, 15) is 9.90 Å². The van der Waals surface area contributed by atoms with Crippen molar-refractivity contribution >= 4 is 73.9 Å². The fourth-order valence-electron chi connectivity index (χ4n) is 1.45. The SMILES string of the molecule is CCCCc1c(I)c(I)c(I)c(O)c1OC(=O)O. The van der Waals surface area contributed by atoms with Crippen molar-refractivity contribution in [3.63, 3.8) is 0 Å². The third-order valence-electron chi connectivity index (χ3n) is 2.32. The van der Waals surface area contributed by atoms with E-state index in [0.717, 1.165) is 25.5 Å². The molecule has 7 heteroatoms. The topological polar surface area (TPSA) is 66.8 Å². The van der Waals surface area contributed by atoms with Crippen LogP contribution in [-0.2, 0) is 6.42 Å². The minimum absolute atomic E-state index is 0.0742. The normalized spacial score (nSPS) is 10.4. The Morgan fingerprint density at radius 3 is 2.33 bits per heavy atom. The van der Waals surface area contributed by atoms with Crippen molar-refractivity contribution in [2.75, 3.05) is 0 Å². The maximum atomic E-state index is 10.7. The predicted molar refractivity (Wildman–Crippen MR) is 93.5 cm³/mol. The molecule has 0 aliphatic heterocycles. The number of hydrogen-bond acceptors (Lipinski definition) is 3. The minimum atomic E-state index is -1.41. The van der Waals surface area contributed by atoms with E-state index in [1.54, 1.807) is 0 Å². The highest BCUT2D eigenvalue weighted by Gasteiger charge is 2.22. The fraction of sp³-hybridized carbons (Fsp3) is 0.364. The molecule has 0 saturated heterocycles. The molecule has 4 nitrogen and oxygen atoms in total. The van der Waals surface area contributed by atoms with Gasteiger partial charge in [0.05, 0.1) is 3.57 Å². The number of hydrogen-bond donors (Lipinski definition) is 2. The van der Waals surface area contributed by atoms with E-state index in [2.05, 4.69) is 52.1 Å². The van der Waals surface area contributed by atoms with Crippen molar-refractivity contribution in [3.8, 4) is 11.5 Å². The van der Waals surface area contributed by atoms with Gasteiger partial charge in [0, 0.05) is 12.7 Å². The van der Waals surface area contributed by atoms with Crippen molar-refractivity contribution in [2.24, 2.45) is 0 Å². The van der Waals surface area contributed by atoms with Gasteiger partial charge < -0.3 is 14.9 Å². The Bertz CT molecular complexity index is 474. The second-order valence-corrected chi connectivity index (χ2v) is 6.81. The molecular weight excluding hydrogens is 577 g/mol. The molecule has 0 heterocycles. The van der Waals surface area contributed by atoms with Crippen LogP contribution in [0.1, 0.15) is 25.3 Å². The summed E-state index contributed by atoms with van der Waals surface area (Å²) in [5.41, 5.74) is 0.766. The molecule has 1 rings (SSSR count). The van der Waals surface area contributed by atoms with Crippen molar-refractivity contribution in [3.05, 3.63) is 16.3 Å². The highest BCUT2D eigenvalue weighted by Crippen LogP contribution is 2.42. The van der Waals surface area contributed by atoms with Crippen LogP contribution >= 0.6 is 67.8 Å². The molecule has 0 amide bonds. The molecule has 0 spiro atoms. The highest BCUT2D eigenvalue weighted by atomic mass is 127. The van der Waals surface area contributed by atoms with Crippen LogP contribution in [0.3, 0.4) is 0 Å². The lowest BCUT2D eigenvalue weighted by Crippen LogP contribution is -2.09. The van der Waals surface area contributed by atoms with Gasteiger partial charge in [0.15, 0.2) is 11.5 Å². The standard InChI is InChI=1S/C11H11I3O4/c1-2-3-4-5-6(12)7(13)8(14)9(15)10(5)18-11(16)17/h15H,2-4H2,1H3,(H,16,17). The molecule has 2 N–H and O–H groups in total. The number of phenols is 1. The molecular formula is C11H11I3O4. The third kappa shape index (κ3) is 3.74. The number of carboxylic acid groups (broad SMARTS) is 1. The second-order valence-electron chi connectivity index (χ2n) is 3.57. The number of unbranched alkanes of at least 4 members (excludes halogenated alkanes) is 1. The Morgan fingerprint density at radius 1 is 1.22 bits per heavy atom. The van der Waals surface area contributed by atoms with E-state index in [1.807, 2.05) is 22.6 Å². The molecule has 1 aromatic carbocycles. The average Bonchev–Trinajstić information content (AvgIpc) is 2.32. The van der Waals surface area contributed by atoms with Crippen molar-refractivity contribution in [1.82, 2.24) is 0 Å². The van der Waals surface area contributed by atoms with E-state index in [-0.39, 0.29) is 11.5 Å². The quantitative estimate of drug-likeness (QED) is 0.234. The third-order valence-corrected chi connectivity index (χ3v) is 7.70. The van der Waals surface area contributed by atoms with Gasteiger partial charge in [-0.15, -0.1) is 0 Å². The van der Waals surface area contributed by atoms with Gasteiger partial charge in [-0.1, -0.05) is 13.3 Å². The number of halogens is 3. The summed E-state index contributed by atoms with van der Waals surface area (Å²) in [5, 5.41) is 18.8. The first kappa shape index (κ1) is 16.5. The second kappa shape index (κ2) is 7.31. The highest BCUT2D eigenvalue weighted by molar-refractivity contribution is 14.1. The molecule has 0 unspecified atom stereocenters. The van der Waals surface area contributed by atoms with E-state index < -0.39 is 6.16 Å². The molecule has 1 aromatic rings. The first-order valence-corrected chi connectivity index (χ1v) is 8.42. The lowest BCUT2D eigenvalue weighted by atomic mass is 10.1. The van der Waals surface area contributed by atoms with Crippen LogP contribution in [-0.4, -0.2) is 16.4 Å². The maximum absolute atomic E-state index is 10.7. The van der Waals surface area contributed by atoms with Gasteiger partial charge in [-0.05, 0) is 80.6 Å². The van der Waals surface area contributed by atoms with Crippen molar-refractivity contribution in [2.45, 2.75) is 26.2 Å². The Balaban J connectivity index is 3.38. The molecule has 0 fully saturated rings. The van der Waals surface area contributed by atoms with Crippen molar-refractivity contribution in [1.29, 1.82) is 0 Å². The molecule has 0 aromatic heterocycles. The summed E-state index contributed by atoms with van der Waals surface area (Å²) in [5.74, 6) is -0.0147. The summed E-state index contributed by atoms with van der Waals surface area (Å²) in [6, 6.07) is 0. The lowest BCUT2D eigenvalue weighted by molar-refractivity contribution is 0.142. The van der Waals surface area contributed by atoms with Gasteiger partial charge in [0.25, 0.3) is 0 Å². The predicted octanol–water partition coefficient (Wildman–Crippen LogP) is 4.61. The minimum Gasteiger partial charge on any atom is -0.503 e. The summed E-state index contributed by atoms with van der Waals surface area (Å²) in [6.45, 7) is 2.06. The smallest absolute Gasteiger partial charge is 0.503 e. The zero-order chi connectivity index (χ0) is 13.9. The zero-order valence-corrected chi connectivity index (χ0v) is 15.9. The molecule has 0 bridgehead atoms. The summed E-state index contributed by atoms with van der Waals surface area (Å²) < 4.78 is 7.23. The average molecular weight is 588 g/mol. The number of benzene rings is 1. The van der Waals surface area contributed by atoms with Crippen LogP contribution < -0.4 is 4.74 Å². The molecule has 0 saturated carbocycles. The van der Waals surface area contributed by atoms with Crippen LogP contribution in [0.2, 0.25) is 0 Å². The number of phenolic OH excluding ortho intramolecular Hbond substituents is 1. The number of rotatable bonds is 4. The number of carbonyl (C=O) groups is 1. The summed E-state index contributed by atoms with van der Waals surface area (Å²) >= 11 is 6.29. The lowest BCUT2D eigenvalue weighted by Gasteiger charge is -2.15. The maximum Gasteiger partial charge on any atom is 0.511 e. The number of ether oxygens (including phenoxy) is 1. The molecule has 100 valence electrons. The van der Waals surface area contributed by atoms with E-state index in [4.69, 9.17) is 9.84 Å². The first-order chi connectivity index (χ1) is 8.40. The molecule has 0 radical (unpaired) electrons. The first-order valence-electron chi connectivity index (χ1n) is 5.19. The van der Waals surface area contributed by atoms with Crippen LogP contribution in [0, 0.1) is 10.7 Å². The Kier molecular flexibility index (Phi) is 6.72. The van der Waals surface area contributed by atoms with Crippen LogP contribution in [0.5, 0.6) is 11.5 Å². The summed E-state index contributed by atoms with van der Waals surface area (Å²) in [4.78, 5) is 10.7. The van der Waals surface area contributed by atoms with Gasteiger partial charge >= 0.3 is 6.16 Å². The van der Waals surface area contributed by atoms with E-state index in [1.165, 1.54) is 0 Å². The van der Waals surface area contributed by atoms with E-state index >= 15 is 0 Å². The summed E-state index contributed by atoms with van der Waals surface area (Å²) in [6.07, 6.45) is 1.20. The van der Waals surface area contributed by atoms with Crippen molar-refractivity contribution < 1.29 is 19.7 Å². The summed E-state index contributed by atoms with van der Waals surface area (Å²) in [7, 11) is 0. The zero-order valence-electron chi connectivity index (χ0n) is 9.47. The molecule has 18 heavy (non-hydrogen) atoms. The monoisotopic (exact) mass is 588 g/mol. The van der Waals surface area contributed by atoms with Gasteiger partial charge in [0.2, 0.25) is 0 Å². The van der Waals surface area contributed by atoms with Gasteiger partial charge in [-0.3, -0.25) is 0 Å². The van der Waals surface area contributed by atoms with Crippen LogP contribution in [0.25, 0.3) is 0 Å². The van der Waals surface area contributed by atoms with Gasteiger partial charge in [-0.25, -0.2) is 4.79 Å². The van der Waals surface area contributed by atoms with Gasteiger partial charge in [0.1, 0.15) is 0 Å². The largest absolute Gasteiger partial charge is 0.511 e. The van der Waals surface area contributed by atoms with Crippen LogP contribution in [0.4, 0.5) is 4.79 Å². The van der Waals surface area contributed by atoms with Crippen LogP contribution in [0.15, 0.2) is 0 Å². The molecule has 0 atom stereocenters. The molecule has 0 aliphatic carbocycles. The molecule has 0 aliphatic rings. The Hall–Kier alpha value is 0.480. The fourth-order valence-corrected chi connectivity index (χ4v) is 3.85. The Morgan fingerprint density at radius 2 is 1.83 bits per heavy atom. The number of aromatic hydroxyl groups is 1. The van der Waals surface area contributed by atoms with Gasteiger partial charge in [-0.2, -0.15) is 0 Å². The van der Waals surface area contributed by atoms with E-state index in [0.29, 0.717) is 9.99 Å².